The summed E-state index contributed by atoms with van der Waals surface area (Å²) < 4.78 is 8.30. The number of primary amides is 1. The maximum Gasteiger partial charge on any atom is 0.312 e. The molecule has 0 bridgehead atoms. The largest absolute Gasteiger partial charge is 0.409 e. The minimum absolute atomic E-state index is 0.0851. The molecule has 0 radical (unpaired) electrons. The lowest BCUT2D eigenvalue weighted by molar-refractivity contribution is -0.128. The molecule has 216 valence electrons. The van der Waals surface area contributed by atoms with Crippen LogP contribution in [0.15, 0.2) is 36.7 Å². The molecule has 0 aliphatic carbocycles. The standard InChI is InChI=1S/C27H45N7O4Si/c1-18(2)23(28)25(36)33-21(9-8-14-31-26(29)37)24(35)32-19-10-12-20(13-11-19)34-16-15-30-22(34)17-38-39(6,7)27(3,4)5/h10-13,15-16,18,21,23H,8-9,14,17,28H2,1-7H3,(H,32,35)(H,33,36)(H3,29,31,37)/t21-,23-/m0/s1. The monoisotopic (exact) mass is 559 g/mol. The van der Waals surface area contributed by atoms with Crippen LogP contribution in [0, 0.1) is 5.92 Å². The van der Waals surface area contributed by atoms with Crippen LogP contribution in [-0.2, 0) is 20.6 Å². The van der Waals surface area contributed by atoms with Gasteiger partial charge in [-0.05, 0) is 61.2 Å². The minimum atomic E-state index is -1.93. The third-order valence-corrected chi connectivity index (χ3v) is 11.6. The van der Waals surface area contributed by atoms with Crippen molar-refractivity contribution in [2.45, 2.75) is 84.3 Å². The van der Waals surface area contributed by atoms with E-state index in [0.29, 0.717) is 25.1 Å². The van der Waals surface area contributed by atoms with Crippen LogP contribution in [0.25, 0.3) is 5.69 Å². The van der Waals surface area contributed by atoms with E-state index in [9.17, 15) is 14.4 Å². The number of hydrogen-bond donors (Lipinski definition) is 5. The van der Waals surface area contributed by atoms with Gasteiger partial charge in [-0.1, -0.05) is 34.6 Å². The quantitative estimate of drug-likeness (QED) is 0.187. The van der Waals surface area contributed by atoms with E-state index in [1.807, 2.05) is 36.7 Å². The molecule has 1 aromatic heterocycles. The van der Waals surface area contributed by atoms with E-state index in [-0.39, 0.29) is 23.4 Å². The Morgan fingerprint density at radius 3 is 2.31 bits per heavy atom. The van der Waals surface area contributed by atoms with Crippen molar-refractivity contribution in [2.24, 2.45) is 17.4 Å². The molecule has 0 unspecified atom stereocenters. The van der Waals surface area contributed by atoms with Gasteiger partial charge in [0, 0.05) is 30.3 Å². The van der Waals surface area contributed by atoms with Gasteiger partial charge in [0.2, 0.25) is 11.8 Å². The number of nitrogens with one attached hydrogen (secondary N) is 3. The Labute approximate surface area is 232 Å². The van der Waals surface area contributed by atoms with Crippen LogP contribution in [-0.4, -0.2) is 54.3 Å². The Morgan fingerprint density at radius 2 is 1.74 bits per heavy atom. The molecule has 39 heavy (non-hydrogen) atoms. The highest BCUT2D eigenvalue weighted by atomic mass is 28.4. The molecule has 1 aromatic carbocycles. The van der Waals surface area contributed by atoms with Gasteiger partial charge >= 0.3 is 6.03 Å². The number of carbonyl (C=O) groups is 3. The second-order valence-corrected chi connectivity index (χ2v) is 16.4. The van der Waals surface area contributed by atoms with Crippen molar-refractivity contribution < 1.29 is 18.8 Å². The molecule has 0 fully saturated rings. The number of hydrogen-bond acceptors (Lipinski definition) is 6. The van der Waals surface area contributed by atoms with Crippen LogP contribution in [0.3, 0.4) is 0 Å². The minimum Gasteiger partial charge on any atom is -0.409 e. The molecule has 2 aromatic rings. The average Bonchev–Trinajstić information content (AvgIpc) is 3.32. The first kappa shape index (κ1) is 32.0. The summed E-state index contributed by atoms with van der Waals surface area (Å²) in [6.07, 6.45) is 4.36. The van der Waals surface area contributed by atoms with Crippen molar-refractivity contribution in [1.82, 2.24) is 20.2 Å². The number of amides is 4. The van der Waals surface area contributed by atoms with E-state index in [4.69, 9.17) is 15.9 Å². The highest BCUT2D eigenvalue weighted by Crippen LogP contribution is 2.37. The van der Waals surface area contributed by atoms with Gasteiger partial charge in [-0.2, -0.15) is 0 Å². The summed E-state index contributed by atoms with van der Waals surface area (Å²) in [5.74, 6) is -0.0725. The van der Waals surface area contributed by atoms with Crippen molar-refractivity contribution in [3.63, 3.8) is 0 Å². The number of urea groups is 1. The number of nitrogens with two attached hydrogens (primary N) is 2. The van der Waals surface area contributed by atoms with Crippen molar-refractivity contribution in [1.29, 1.82) is 0 Å². The van der Waals surface area contributed by atoms with Crippen molar-refractivity contribution in [3.05, 3.63) is 42.5 Å². The number of rotatable bonds is 13. The SMILES string of the molecule is CC(C)[C@H](N)C(=O)N[C@@H](CCCNC(N)=O)C(=O)Nc1ccc(-n2ccnc2CO[Si](C)(C)C(C)(C)C)cc1. The third kappa shape index (κ3) is 9.48. The van der Waals surface area contributed by atoms with Gasteiger partial charge in [0.1, 0.15) is 11.9 Å². The molecular weight excluding hydrogens is 514 g/mol. The maximum atomic E-state index is 13.1. The van der Waals surface area contributed by atoms with Crippen LogP contribution in [0.2, 0.25) is 18.1 Å². The first-order valence-electron chi connectivity index (χ1n) is 13.3. The van der Waals surface area contributed by atoms with E-state index >= 15 is 0 Å². The second-order valence-electron chi connectivity index (χ2n) is 11.6. The topological polar surface area (TPSA) is 166 Å². The lowest BCUT2D eigenvalue weighted by Gasteiger charge is -2.36. The molecule has 0 aliphatic heterocycles. The summed E-state index contributed by atoms with van der Waals surface area (Å²) in [5, 5.41) is 8.19. The fourth-order valence-corrected chi connectivity index (χ4v) is 4.35. The van der Waals surface area contributed by atoms with E-state index in [1.54, 1.807) is 18.3 Å². The fourth-order valence-electron chi connectivity index (χ4n) is 3.43. The van der Waals surface area contributed by atoms with E-state index in [2.05, 4.69) is 54.8 Å². The Bertz CT molecular complexity index is 1110. The summed E-state index contributed by atoms with van der Waals surface area (Å²) in [5.41, 5.74) is 12.5. The van der Waals surface area contributed by atoms with E-state index in [1.165, 1.54) is 0 Å². The summed E-state index contributed by atoms with van der Waals surface area (Å²) in [6.45, 7) is 15.4. The van der Waals surface area contributed by atoms with E-state index in [0.717, 1.165) is 11.5 Å². The molecule has 1 heterocycles. The van der Waals surface area contributed by atoms with Gasteiger partial charge < -0.3 is 36.4 Å². The normalized spacial score (nSPS) is 13.6. The van der Waals surface area contributed by atoms with Crippen LogP contribution in [0.5, 0.6) is 0 Å². The predicted molar refractivity (Wildman–Crippen MR) is 156 cm³/mol. The molecule has 7 N–H and O–H groups in total. The lowest BCUT2D eigenvalue weighted by atomic mass is 10.0. The summed E-state index contributed by atoms with van der Waals surface area (Å²) >= 11 is 0. The number of imidazole rings is 1. The number of carbonyl (C=O) groups excluding carboxylic acids is 3. The van der Waals surface area contributed by atoms with Gasteiger partial charge in [-0.25, -0.2) is 9.78 Å². The molecule has 0 saturated carbocycles. The molecule has 12 heteroatoms. The van der Waals surface area contributed by atoms with Gasteiger partial charge in [0.05, 0.1) is 12.6 Å². The Hall–Kier alpha value is -3.22. The van der Waals surface area contributed by atoms with Gasteiger partial charge in [0.25, 0.3) is 0 Å². The molecule has 2 rings (SSSR count). The zero-order valence-corrected chi connectivity index (χ0v) is 25.2. The molecule has 0 aliphatic rings. The third-order valence-electron chi connectivity index (χ3n) is 7.12. The zero-order valence-electron chi connectivity index (χ0n) is 24.2. The number of benzene rings is 1. The Balaban J connectivity index is 2.10. The van der Waals surface area contributed by atoms with E-state index < -0.39 is 32.3 Å². The maximum absolute atomic E-state index is 13.1. The summed E-state index contributed by atoms with van der Waals surface area (Å²) in [4.78, 5) is 41.1. The van der Waals surface area contributed by atoms with Gasteiger partial charge in [-0.3, -0.25) is 9.59 Å². The molecule has 11 nitrogen and oxygen atoms in total. The van der Waals surface area contributed by atoms with Crippen molar-refractivity contribution in [2.75, 3.05) is 11.9 Å². The fraction of sp³-hybridized carbons (Fsp3) is 0.556. The summed E-state index contributed by atoms with van der Waals surface area (Å²) in [7, 11) is -1.93. The molecular formula is C27H45N7O4Si. The summed E-state index contributed by atoms with van der Waals surface area (Å²) in [6, 6.07) is 5.13. The van der Waals surface area contributed by atoms with Crippen LogP contribution in [0.4, 0.5) is 10.5 Å². The Morgan fingerprint density at radius 1 is 1.10 bits per heavy atom. The smallest absolute Gasteiger partial charge is 0.312 e. The highest BCUT2D eigenvalue weighted by Gasteiger charge is 2.37. The molecule has 0 saturated heterocycles. The van der Waals surface area contributed by atoms with Gasteiger partial charge in [-0.15, -0.1) is 0 Å². The van der Waals surface area contributed by atoms with Crippen molar-refractivity contribution >= 4 is 31.9 Å². The first-order chi connectivity index (χ1) is 18.1. The lowest BCUT2D eigenvalue weighted by Crippen LogP contribution is -2.51. The molecule has 0 spiro atoms. The van der Waals surface area contributed by atoms with Crippen molar-refractivity contribution in [3.8, 4) is 5.69 Å². The molecule has 2 atom stereocenters. The average molecular weight is 560 g/mol. The zero-order chi connectivity index (χ0) is 29.4. The van der Waals surface area contributed by atoms with Crippen LogP contribution in [0.1, 0.15) is 53.3 Å². The number of aromatic nitrogens is 2. The molecule has 4 amide bonds. The highest BCUT2D eigenvalue weighted by molar-refractivity contribution is 6.74. The van der Waals surface area contributed by atoms with Crippen LogP contribution < -0.4 is 27.4 Å². The first-order valence-corrected chi connectivity index (χ1v) is 16.2. The van der Waals surface area contributed by atoms with Crippen LogP contribution >= 0.6 is 0 Å². The predicted octanol–water partition coefficient (Wildman–Crippen LogP) is 3.25. The Kier molecular flexibility index (Phi) is 11.3. The number of nitrogens with zero attached hydrogens (tertiary/aromatic N) is 2. The second kappa shape index (κ2) is 13.7. The van der Waals surface area contributed by atoms with Gasteiger partial charge in [0.15, 0.2) is 8.32 Å². The number of anilines is 1.